The lowest BCUT2D eigenvalue weighted by atomic mass is 9.96. The van der Waals surface area contributed by atoms with Crippen LogP contribution in [0.15, 0.2) is 97.2 Å². The van der Waals surface area contributed by atoms with Crippen LogP contribution in [0.2, 0.25) is 0 Å². The molecule has 0 aromatic carbocycles. The van der Waals surface area contributed by atoms with Gasteiger partial charge in [0.2, 0.25) is 5.91 Å². The van der Waals surface area contributed by atoms with Crippen molar-refractivity contribution in [3.8, 4) is 0 Å². The monoisotopic (exact) mass is 1210 g/mol. The van der Waals surface area contributed by atoms with Crippen LogP contribution in [0, 0.1) is 0 Å². The highest BCUT2D eigenvalue weighted by molar-refractivity contribution is 5.76. The number of nitrogens with one attached hydrogen (secondary N) is 1. The van der Waals surface area contributed by atoms with Crippen LogP contribution in [-0.4, -0.2) is 193 Å². The summed E-state index contributed by atoms with van der Waals surface area (Å²) in [7, 11) is 0. The van der Waals surface area contributed by atoms with E-state index in [1.54, 1.807) is 12.2 Å². The average molecular weight is 1210 g/mol. The molecule has 0 bridgehead atoms. The van der Waals surface area contributed by atoms with E-state index in [1.807, 2.05) is 0 Å². The Morgan fingerprint density at radius 3 is 1.31 bits per heavy atom. The Morgan fingerprint density at radius 2 is 0.824 bits per heavy atom. The maximum Gasteiger partial charge on any atom is 0.220 e. The van der Waals surface area contributed by atoms with Gasteiger partial charge in [-0.2, -0.15) is 0 Å². The molecule has 3 heterocycles. The van der Waals surface area contributed by atoms with Gasteiger partial charge < -0.3 is 89.9 Å². The molecule has 488 valence electrons. The van der Waals surface area contributed by atoms with Crippen LogP contribution in [0.4, 0.5) is 0 Å². The first-order chi connectivity index (χ1) is 41.3. The molecular formula is C66H111NO18. The van der Waals surface area contributed by atoms with Gasteiger partial charge in [-0.05, 0) is 77.0 Å². The van der Waals surface area contributed by atoms with Crippen LogP contribution in [-0.2, 0) is 33.2 Å². The predicted molar refractivity (Wildman–Crippen MR) is 327 cm³/mol. The second-order valence-corrected chi connectivity index (χ2v) is 22.5. The van der Waals surface area contributed by atoms with Gasteiger partial charge in [0.25, 0.3) is 0 Å². The molecule has 3 rings (SSSR count). The van der Waals surface area contributed by atoms with Crippen molar-refractivity contribution in [2.24, 2.45) is 0 Å². The number of hydrogen-bond acceptors (Lipinski definition) is 18. The molecule has 12 N–H and O–H groups in total. The Balaban J connectivity index is 1.33. The number of carbonyl (C=O) groups is 1. The first kappa shape index (κ1) is 76.0. The van der Waals surface area contributed by atoms with Crippen LogP contribution in [0.5, 0.6) is 0 Å². The van der Waals surface area contributed by atoms with E-state index in [4.69, 9.17) is 28.4 Å². The van der Waals surface area contributed by atoms with Gasteiger partial charge in [-0.1, -0.05) is 195 Å². The summed E-state index contributed by atoms with van der Waals surface area (Å²) in [5.74, 6) is -0.296. The maximum atomic E-state index is 13.3. The summed E-state index contributed by atoms with van der Waals surface area (Å²) in [5, 5.41) is 120. The largest absolute Gasteiger partial charge is 0.394 e. The summed E-state index contributed by atoms with van der Waals surface area (Å²) in [6.45, 7) is 1.44. The highest BCUT2D eigenvalue weighted by Gasteiger charge is 2.53. The van der Waals surface area contributed by atoms with Crippen molar-refractivity contribution in [3.63, 3.8) is 0 Å². The summed E-state index contributed by atoms with van der Waals surface area (Å²) in [5.41, 5.74) is 0. The van der Waals surface area contributed by atoms with Crippen molar-refractivity contribution in [3.05, 3.63) is 97.2 Å². The van der Waals surface area contributed by atoms with Crippen LogP contribution < -0.4 is 5.32 Å². The lowest BCUT2D eigenvalue weighted by Crippen LogP contribution is -2.66. The molecule has 19 heteroatoms. The Bertz CT molecular complexity index is 1920. The van der Waals surface area contributed by atoms with Crippen molar-refractivity contribution in [2.75, 3.05) is 26.4 Å². The fraction of sp³-hybridized carbons (Fsp3) is 0.742. The molecule has 17 unspecified atom stereocenters. The van der Waals surface area contributed by atoms with E-state index < -0.39 is 124 Å². The van der Waals surface area contributed by atoms with Crippen LogP contribution in [0.3, 0.4) is 0 Å². The molecule has 3 saturated heterocycles. The molecule has 0 aromatic heterocycles. The van der Waals surface area contributed by atoms with Crippen molar-refractivity contribution in [1.29, 1.82) is 0 Å². The van der Waals surface area contributed by atoms with Crippen molar-refractivity contribution in [1.82, 2.24) is 5.32 Å². The smallest absolute Gasteiger partial charge is 0.220 e. The summed E-state index contributed by atoms with van der Waals surface area (Å²) >= 11 is 0. The predicted octanol–water partition coefficient (Wildman–Crippen LogP) is 6.93. The van der Waals surface area contributed by atoms with E-state index in [-0.39, 0.29) is 18.9 Å². The molecule has 3 aliphatic heterocycles. The van der Waals surface area contributed by atoms with E-state index in [0.29, 0.717) is 12.8 Å². The minimum Gasteiger partial charge on any atom is -0.394 e. The Morgan fingerprint density at radius 1 is 0.435 bits per heavy atom. The van der Waals surface area contributed by atoms with Gasteiger partial charge in [0.15, 0.2) is 18.9 Å². The lowest BCUT2D eigenvalue weighted by molar-refractivity contribution is -0.379. The zero-order chi connectivity index (χ0) is 61.9. The SMILES string of the molecule is CC/C=C\C/C=C\C/C=C\C/C=C\C/C=C\C/C=C\CCCCCCCCCCCCCCCCC(=O)NC(COC1OC(CO)C(OC2OC(CO)C(OC3OC(CO)C(O)C(O)C3O)C(O)C2O)C(O)C1O)C(O)/C=C/CC/C=C/CCC. The molecule has 0 saturated carbocycles. The van der Waals surface area contributed by atoms with Gasteiger partial charge in [-0.3, -0.25) is 4.79 Å². The van der Waals surface area contributed by atoms with Gasteiger partial charge in [-0.15, -0.1) is 0 Å². The third-order valence-corrected chi connectivity index (χ3v) is 15.3. The summed E-state index contributed by atoms with van der Waals surface area (Å²) < 4.78 is 34.1. The fourth-order valence-electron chi connectivity index (χ4n) is 10.2. The Hall–Kier alpha value is -3.29. The van der Waals surface area contributed by atoms with Gasteiger partial charge in [-0.25, -0.2) is 0 Å². The van der Waals surface area contributed by atoms with Gasteiger partial charge >= 0.3 is 0 Å². The zero-order valence-electron chi connectivity index (χ0n) is 51.0. The van der Waals surface area contributed by atoms with Gasteiger partial charge in [0, 0.05) is 6.42 Å². The first-order valence-corrected chi connectivity index (χ1v) is 32.0. The lowest BCUT2D eigenvalue weighted by Gasteiger charge is -2.48. The number of aliphatic hydroxyl groups is 11. The normalized spacial score (nSPS) is 29.6. The molecule has 85 heavy (non-hydrogen) atoms. The molecule has 3 fully saturated rings. The number of amides is 1. The second kappa shape index (κ2) is 47.7. The number of ether oxygens (including phenoxy) is 6. The van der Waals surface area contributed by atoms with Crippen LogP contribution >= 0.6 is 0 Å². The van der Waals surface area contributed by atoms with Crippen molar-refractivity contribution >= 4 is 5.91 Å². The first-order valence-electron chi connectivity index (χ1n) is 32.0. The number of hydrogen-bond donors (Lipinski definition) is 12. The summed E-state index contributed by atoms with van der Waals surface area (Å²) in [4.78, 5) is 13.3. The molecule has 0 spiro atoms. The highest BCUT2D eigenvalue weighted by atomic mass is 16.8. The number of allylic oxidation sites excluding steroid dienone is 15. The maximum absolute atomic E-state index is 13.3. The van der Waals surface area contributed by atoms with E-state index in [0.717, 1.165) is 89.9 Å². The molecule has 3 aliphatic rings. The standard InChI is InChI=1S/C66H111NO18/c1-3-5-7-9-11-12-13-14-15-16-17-18-19-20-21-22-23-24-25-26-27-28-29-30-31-32-33-34-35-36-38-40-42-44-54(72)67-49(50(71)43-41-39-37-10-8-6-4-2)48-80-64-60(78)57(75)62(52(46-69)82-64)85-66-61(79)58(76)63(53(47-70)83-66)84-65-59(77)56(74)55(73)51(45-68)81-65/h5,7-8,10-12,14-15,17-18,20-21,23-24,41,43,49-53,55-66,68-71,73-79H,3-4,6,9,13,16,19,22,25-40,42,44-48H2,1-2H3,(H,67,72)/b7-5-,10-8+,12-11-,15-14-,18-17-,21-20-,24-23-,43-41+. The molecule has 19 nitrogen and oxygen atoms in total. The third kappa shape index (κ3) is 30.7. The molecule has 0 aliphatic carbocycles. The topological polar surface area (TPSA) is 307 Å². The molecule has 0 aromatic rings. The van der Waals surface area contributed by atoms with E-state index in [2.05, 4.69) is 104 Å². The highest BCUT2D eigenvalue weighted by Crippen LogP contribution is 2.33. The van der Waals surface area contributed by atoms with Gasteiger partial charge in [0.05, 0.1) is 38.6 Å². The van der Waals surface area contributed by atoms with Crippen LogP contribution in [0.25, 0.3) is 0 Å². The average Bonchev–Trinajstić information content (AvgIpc) is 3.70. The van der Waals surface area contributed by atoms with Crippen LogP contribution in [0.1, 0.15) is 181 Å². The molecule has 1 amide bonds. The minimum absolute atomic E-state index is 0.228. The Labute approximate surface area is 507 Å². The number of unbranched alkanes of at least 4 members (excludes halogenated alkanes) is 16. The second-order valence-electron chi connectivity index (χ2n) is 22.5. The third-order valence-electron chi connectivity index (χ3n) is 15.3. The number of carbonyl (C=O) groups excluding carboxylic acids is 1. The quantitative estimate of drug-likeness (QED) is 0.0217. The summed E-state index contributed by atoms with van der Waals surface area (Å²) in [6.07, 6.45) is 34.6. The number of rotatable bonds is 46. The van der Waals surface area contributed by atoms with Crippen molar-refractivity contribution in [2.45, 2.75) is 285 Å². The summed E-state index contributed by atoms with van der Waals surface area (Å²) in [6, 6.07) is -0.992. The van der Waals surface area contributed by atoms with Crippen molar-refractivity contribution < 1.29 is 89.4 Å². The Kier molecular flexibility index (Phi) is 42.6. The number of aliphatic hydroxyl groups excluding tert-OH is 11. The van der Waals surface area contributed by atoms with E-state index >= 15 is 0 Å². The van der Waals surface area contributed by atoms with E-state index in [1.165, 1.54) is 57.8 Å². The molecular weight excluding hydrogens is 1090 g/mol. The fourth-order valence-corrected chi connectivity index (χ4v) is 10.2. The minimum atomic E-state index is -1.98. The molecule has 17 atom stereocenters. The zero-order valence-corrected chi connectivity index (χ0v) is 51.0. The molecule has 0 radical (unpaired) electrons. The van der Waals surface area contributed by atoms with E-state index in [9.17, 15) is 61.0 Å². The van der Waals surface area contributed by atoms with Gasteiger partial charge in [0.1, 0.15) is 73.2 Å².